The second-order valence-electron chi connectivity index (χ2n) is 4.88. The van der Waals surface area contributed by atoms with E-state index in [4.69, 9.17) is 18.1 Å². The van der Waals surface area contributed by atoms with Crippen molar-refractivity contribution in [3.63, 3.8) is 0 Å². The predicted octanol–water partition coefficient (Wildman–Crippen LogP) is 3.97. The van der Waals surface area contributed by atoms with Crippen molar-refractivity contribution in [2.24, 2.45) is 0 Å². The normalized spacial score (nSPS) is 33.2. The van der Waals surface area contributed by atoms with Crippen molar-refractivity contribution >= 4 is 15.2 Å². The molecule has 0 aliphatic carbocycles. The van der Waals surface area contributed by atoms with E-state index >= 15 is 0 Å². The van der Waals surface area contributed by atoms with Crippen LogP contribution in [0.15, 0.2) is 30.3 Å². The minimum absolute atomic E-state index is 0.223. The highest BCUT2D eigenvalue weighted by Gasteiger charge is 2.64. The SMILES string of the molecule is COP1(=O)OC(c2ccccc2)(P(=O)(OC)OC)CC1C. The number of rotatable bonds is 5. The molecule has 3 unspecified atom stereocenters. The van der Waals surface area contributed by atoms with Crippen LogP contribution >= 0.6 is 15.2 Å². The van der Waals surface area contributed by atoms with Crippen molar-refractivity contribution < 1.29 is 27.2 Å². The Balaban J connectivity index is 2.64. The van der Waals surface area contributed by atoms with Crippen LogP contribution in [0.2, 0.25) is 0 Å². The Morgan fingerprint density at radius 2 is 1.81 bits per heavy atom. The molecule has 0 N–H and O–H groups in total. The summed E-state index contributed by atoms with van der Waals surface area (Å²) in [6.45, 7) is 1.74. The summed E-state index contributed by atoms with van der Waals surface area (Å²) in [5.41, 5.74) is 0.181. The first kappa shape index (κ1) is 16.9. The Hall–Kier alpha value is -0.480. The van der Waals surface area contributed by atoms with E-state index in [-0.39, 0.29) is 6.42 Å². The zero-order chi connectivity index (χ0) is 15.7. The van der Waals surface area contributed by atoms with Gasteiger partial charge >= 0.3 is 15.2 Å². The van der Waals surface area contributed by atoms with Crippen molar-refractivity contribution in [1.29, 1.82) is 0 Å². The summed E-state index contributed by atoms with van der Waals surface area (Å²) in [5.74, 6) is 0. The maximum Gasteiger partial charge on any atom is 0.366 e. The molecule has 1 heterocycles. The molecular formula is C13H20O6P2. The van der Waals surface area contributed by atoms with E-state index in [1.54, 1.807) is 31.2 Å². The third kappa shape index (κ3) is 2.55. The van der Waals surface area contributed by atoms with Crippen LogP contribution in [0.25, 0.3) is 0 Å². The summed E-state index contributed by atoms with van der Waals surface area (Å²) in [7, 11) is -3.17. The fourth-order valence-electron chi connectivity index (χ4n) is 2.63. The molecule has 21 heavy (non-hydrogen) atoms. The molecule has 1 aromatic carbocycles. The lowest BCUT2D eigenvalue weighted by molar-refractivity contribution is 0.104. The van der Waals surface area contributed by atoms with Crippen molar-refractivity contribution in [1.82, 2.24) is 0 Å². The molecule has 0 aromatic heterocycles. The van der Waals surface area contributed by atoms with Crippen LogP contribution in [0, 0.1) is 0 Å². The largest absolute Gasteiger partial charge is 0.366 e. The van der Waals surface area contributed by atoms with Gasteiger partial charge in [-0.05, 0) is 5.56 Å². The average molecular weight is 334 g/mol. The summed E-state index contributed by atoms with van der Waals surface area (Å²) < 4.78 is 46.9. The summed E-state index contributed by atoms with van der Waals surface area (Å²) >= 11 is 0. The third-order valence-corrected chi connectivity index (χ3v) is 8.65. The van der Waals surface area contributed by atoms with Gasteiger partial charge in [0, 0.05) is 27.8 Å². The molecule has 0 saturated carbocycles. The molecule has 3 atom stereocenters. The number of hydrogen-bond donors (Lipinski definition) is 0. The molecule has 2 rings (SSSR count). The van der Waals surface area contributed by atoms with Gasteiger partial charge in [-0.2, -0.15) is 0 Å². The minimum Gasteiger partial charge on any atom is -0.312 e. The van der Waals surface area contributed by atoms with E-state index < -0.39 is 26.2 Å². The van der Waals surface area contributed by atoms with Gasteiger partial charge in [0.1, 0.15) is 0 Å². The fourth-order valence-corrected chi connectivity index (χ4v) is 6.91. The Bertz CT molecular complexity index is 582. The molecule has 0 radical (unpaired) electrons. The molecule has 0 bridgehead atoms. The predicted molar refractivity (Wildman–Crippen MR) is 79.5 cm³/mol. The Kier molecular flexibility index (Phi) is 4.79. The first-order valence-corrected chi connectivity index (χ1v) is 9.66. The quantitative estimate of drug-likeness (QED) is 0.759. The van der Waals surface area contributed by atoms with Gasteiger partial charge < -0.3 is 13.6 Å². The number of hydrogen-bond acceptors (Lipinski definition) is 6. The van der Waals surface area contributed by atoms with Crippen molar-refractivity contribution in [3.05, 3.63) is 35.9 Å². The van der Waals surface area contributed by atoms with Gasteiger partial charge in [0.05, 0.1) is 5.66 Å². The van der Waals surface area contributed by atoms with Crippen molar-refractivity contribution in [2.45, 2.75) is 24.3 Å². The smallest absolute Gasteiger partial charge is 0.312 e. The second-order valence-corrected chi connectivity index (χ2v) is 9.84. The second kappa shape index (κ2) is 5.96. The van der Waals surface area contributed by atoms with Crippen LogP contribution in [0.5, 0.6) is 0 Å². The van der Waals surface area contributed by atoms with Crippen molar-refractivity contribution in [2.75, 3.05) is 21.3 Å². The van der Waals surface area contributed by atoms with Crippen LogP contribution in [-0.4, -0.2) is 27.0 Å². The van der Waals surface area contributed by atoms with E-state index in [2.05, 4.69) is 0 Å². The van der Waals surface area contributed by atoms with Crippen LogP contribution in [-0.2, 0) is 32.6 Å². The first-order valence-electron chi connectivity index (χ1n) is 6.51. The summed E-state index contributed by atoms with van der Waals surface area (Å²) in [5, 5.41) is -1.43. The zero-order valence-corrected chi connectivity index (χ0v) is 14.3. The molecule has 118 valence electrons. The maximum absolute atomic E-state index is 13.1. The lowest BCUT2D eigenvalue weighted by Crippen LogP contribution is -2.27. The summed E-state index contributed by atoms with van der Waals surface area (Å²) in [4.78, 5) is 0. The van der Waals surface area contributed by atoms with Crippen LogP contribution in [0.4, 0.5) is 0 Å². The van der Waals surface area contributed by atoms with Crippen LogP contribution in [0.3, 0.4) is 0 Å². The molecule has 1 aromatic rings. The monoisotopic (exact) mass is 334 g/mol. The van der Waals surface area contributed by atoms with Crippen molar-refractivity contribution in [3.8, 4) is 0 Å². The maximum atomic E-state index is 13.1. The fraction of sp³-hybridized carbons (Fsp3) is 0.538. The molecule has 8 heteroatoms. The highest BCUT2D eigenvalue weighted by atomic mass is 31.2. The molecule has 0 amide bonds. The van der Waals surface area contributed by atoms with Gasteiger partial charge in [0.2, 0.25) is 5.34 Å². The Labute approximate surface area is 124 Å². The van der Waals surface area contributed by atoms with E-state index in [0.29, 0.717) is 5.56 Å². The van der Waals surface area contributed by atoms with Gasteiger partial charge in [-0.3, -0.25) is 13.7 Å². The molecule has 1 saturated heterocycles. The number of benzene rings is 1. The lowest BCUT2D eigenvalue weighted by Gasteiger charge is -2.33. The molecule has 1 fully saturated rings. The van der Waals surface area contributed by atoms with E-state index in [1.807, 2.05) is 6.07 Å². The van der Waals surface area contributed by atoms with Crippen LogP contribution < -0.4 is 0 Å². The highest BCUT2D eigenvalue weighted by Crippen LogP contribution is 2.78. The average Bonchev–Trinajstić information content (AvgIpc) is 2.81. The first-order chi connectivity index (χ1) is 9.87. The highest BCUT2D eigenvalue weighted by molar-refractivity contribution is 7.59. The topological polar surface area (TPSA) is 71.1 Å². The van der Waals surface area contributed by atoms with Crippen LogP contribution in [0.1, 0.15) is 18.9 Å². The molecular weight excluding hydrogens is 314 g/mol. The van der Waals surface area contributed by atoms with Gasteiger partial charge in [0.25, 0.3) is 0 Å². The van der Waals surface area contributed by atoms with Gasteiger partial charge in [-0.15, -0.1) is 0 Å². The lowest BCUT2D eigenvalue weighted by atomic mass is 10.0. The Morgan fingerprint density at radius 3 is 2.24 bits per heavy atom. The zero-order valence-electron chi connectivity index (χ0n) is 12.5. The van der Waals surface area contributed by atoms with Gasteiger partial charge in [-0.25, -0.2) is 0 Å². The minimum atomic E-state index is -3.69. The summed E-state index contributed by atoms with van der Waals surface area (Å²) in [6, 6.07) is 8.91. The standard InChI is InChI=1S/C13H20O6P2/c1-11-10-13(19-20(11,14)16-2,21(15,17-3)18-4)12-8-6-5-7-9-12/h5-9,11H,10H2,1-4H3. The molecule has 0 spiro atoms. The molecule has 6 nitrogen and oxygen atoms in total. The van der Waals surface area contributed by atoms with E-state index in [0.717, 1.165) is 0 Å². The molecule has 1 aliphatic heterocycles. The van der Waals surface area contributed by atoms with Gasteiger partial charge in [0.15, 0.2) is 0 Å². The summed E-state index contributed by atoms with van der Waals surface area (Å²) in [6.07, 6.45) is 0.223. The van der Waals surface area contributed by atoms with E-state index in [9.17, 15) is 9.13 Å². The molecule has 1 aliphatic rings. The third-order valence-electron chi connectivity index (χ3n) is 3.79. The van der Waals surface area contributed by atoms with E-state index in [1.165, 1.54) is 21.3 Å². The van der Waals surface area contributed by atoms with Gasteiger partial charge in [-0.1, -0.05) is 37.3 Å². The Morgan fingerprint density at radius 1 is 1.24 bits per heavy atom.